The summed E-state index contributed by atoms with van der Waals surface area (Å²) in [6.07, 6.45) is -3.55. The second kappa shape index (κ2) is 9.69. The summed E-state index contributed by atoms with van der Waals surface area (Å²) in [5.41, 5.74) is -1.08. The number of hydrogen-bond donors (Lipinski definition) is 1. The Balaban J connectivity index is 1.54. The summed E-state index contributed by atoms with van der Waals surface area (Å²) in [5, 5.41) is 2.39. The van der Waals surface area contributed by atoms with Gasteiger partial charge in [-0.3, -0.25) is 14.2 Å². The maximum atomic E-state index is 13.1. The third kappa shape index (κ3) is 5.19. The van der Waals surface area contributed by atoms with Crippen LogP contribution in [-0.4, -0.2) is 23.9 Å². The number of nitrogens with zero attached hydrogens (tertiary/aromatic N) is 2. The summed E-state index contributed by atoms with van der Waals surface area (Å²) >= 11 is 0. The third-order valence-corrected chi connectivity index (χ3v) is 7.39. The smallest absolute Gasteiger partial charge is 0.416 e. The largest absolute Gasteiger partial charge is 0.447 e. The summed E-state index contributed by atoms with van der Waals surface area (Å²) in [7, 11) is -3.88. The predicted molar refractivity (Wildman–Crippen MR) is 126 cm³/mol. The van der Waals surface area contributed by atoms with Crippen LogP contribution in [-0.2, 0) is 22.6 Å². The van der Waals surface area contributed by atoms with Crippen LogP contribution in [0.15, 0.2) is 86.2 Å². The van der Waals surface area contributed by atoms with Gasteiger partial charge in [-0.1, -0.05) is 18.2 Å². The number of alkyl halides is 3. The normalized spacial score (nSPS) is 11.9. The van der Waals surface area contributed by atoms with E-state index < -0.39 is 33.0 Å². The molecule has 4 rings (SSSR count). The zero-order valence-corrected chi connectivity index (χ0v) is 20.4. The molecular weight excluding hydrogens is 511 g/mol. The first-order chi connectivity index (χ1) is 17.4. The van der Waals surface area contributed by atoms with Crippen LogP contribution in [0, 0.1) is 13.8 Å². The van der Waals surface area contributed by atoms with Crippen molar-refractivity contribution in [1.29, 1.82) is 0 Å². The van der Waals surface area contributed by atoms with Gasteiger partial charge in [-0.15, -0.1) is 0 Å². The number of aryl methyl sites for hydroxylation is 2. The summed E-state index contributed by atoms with van der Waals surface area (Å²) < 4.78 is 70.8. The first kappa shape index (κ1) is 25.9. The van der Waals surface area contributed by atoms with E-state index in [2.05, 4.69) is 10.3 Å². The molecule has 0 unspecified atom stereocenters. The van der Waals surface area contributed by atoms with Crippen molar-refractivity contribution in [3.8, 4) is 5.69 Å². The zero-order chi connectivity index (χ0) is 27.0. The standard InChI is InChI=1S/C25H20F3N3O5S/c1-15-6-11-21(24(33)31(15)19-5-3-4-18(12-19)25(26,27)28)22(32)29-13-17-7-9-20(10-8-17)37(34,35)23-16(2)36-14-30-23/h3-12,14H,13H2,1-2H3,(H,29,32). The molecule has 0 fully saturated rings. The highest BCUT2D eigenvalue weighted by Crippen LogP contribution is 2.30. The lowest BCUT2D eigenvalue weighted by atomic mass is 10.1. The van der Waals surface area contributed by atoms with E-state index in [1.54, 1.807) is 6.92 Å². The van der Waals surface area contributed by atoms with Crippen molar-refractivity contribution in [2.45, 2.75) is 36.5 Å². The quantitative estimate of drug-likeness (QED) is 0.399. The molecule has 4 aromatic rings. The molecule has 0 aliphatic carbocycles. The van der Waals surface area contributed by atoms with Gasteiger partial charge in [-0.05, 0) is 61.9 Å². The van der Waals surface area contributed by atoms with E-state index in [-0.39, 0.29) is 33.5 Å². The van der Waals surface area contributed by atoms with Gasteiger partial charge in [0.25, 0.3) is 11.5 Å². The average molecular weight is 532 g/mol. The maximum Gasteiger partial charge on any atom is 0.416 e. The van der Waals surface area contributed by atoms with E-state index in [9.17, 15) is 31.2 Å². The predicted octanol–water partition coefficient (Wildman–Crippen LogP) is 4.22. The lowest BCUT2D eigenvalue weighted by molar-refractivity contribution is -0.137. The Labute approximate surface area is 209 Å². The lowest BCUT2D eigenvalue weighted by Crippen LogP contribution is -2.33. The molecule has 37 heavy (non-hydrogen) atoms. The fourth-order valence-electron chi connectivity index (χ4n) is 3.67. The number of hydrogen-bond acceptors (Lipinski definition) is 6. The van der Waals surface area contributed by atoms with Crippen LogP contribution < -0.4 is 10.9 Å². The van der Waals surface area contributed by atoms with Gasteiger partial charge >= 0.3 is 6.18 Å². The van der Waals surface area contributed by atoms with Gasteiger partial charge in [-0.2, -0.15) is 13.2 Å². The molecule has 12 heteroatoms. The van der Waals surface area contributed by atoms with Crippen LogP contribution in [0.1, 0.15) is 32.9 Å². The van der Waals surface area contributed by atoms with Crippen molar-refractivity contribution in [2.24, 2.45) is 0 Å². The molecule has 8 nitrogen and oxygen atoms in total. The van der Waals surface area contributed by atoms with Crippen molar-refractivity contribution in [3.05, 3.63) is 106 Å². The number of carbonyl (C=O) groups is 1. The Morgan fingerprint density at radius 1 is 1.05 bits per heavy atom. The molecule has 0 aliphatic rings. The molecule has 0 saturated heterocycles. The molecule has 0 saturated carbocycles. The van der Waals surface area contributed by atoms with Crippen molar-refractivity contribution in [1.82, 2.24) is 14.9 Å². The fourth-order valence-corrected chi connectivity index (χ4v) is 5.00. The van der Waals surface area contributed by atoms with E-state index in [0.29, 0.717) is 11.3 Å². The number of amides is 1. The number of halogens is 3. The Morgan fingerprint density at radius 3 is 2.38 bits per heavy atom. The molecule has 192 valence electrons. The Hall–Kier alpha value is -4.19. The molecule has 0 aliphatic heterocycles. The van der Waals surface area contributed by atoms with E-state index in [1.807, 2.05) is 0 Å². The number of rotatable bonds is 6. The van der Waals surface area contributed by atoms with Crippen LogP contribution in [0.25, 0.3) is 5.69 Å². The van der Waals surface area contributed by atoms with Crippen LogP contribution >= 0.6 is 0 Å². The lowest BCUT2D eigenvalue weighted by Gasteiger charge is -2.14. The van der Waals surface area contributed by atoms with Crippen molar-refractivity contribution in [3.63, 3.8) is 0 Å². The van der Waals surface area contributed by atoms with E-state index in [0.717, 1.165) is 23.1 Å². The topological polar surface area (TPSA) is 111 Å². The average Bonchev–Trinajstić information content (AvgIpc) is 3.29. The molecule has 0 radical (unpaired) electrons. The number of pyridine rings is 1. The fraction of sp³-hybridized carbons (Fsp3) is 0.160. The van der Waals surface area contributed by atoms with Gasteiger partial charge in [0.05, 0.1) is 10.5 Å². The number of carbonyl (C=O) groups excluding carboxylic acids is 1. The number of aromatic nitrogens is 2. The highest BCUT2D eigenvalue weighted by Gasteiger charge is 2.31. The second-order valence-corrected chi connectivity index (χ2v) is 9.99. The Morgan fingerprint density at radius 2 is 1.76 bits per heavy atom. The molecule has 1 amide bonds. The van der Waals surface area contributed by atoms with Gasteiger partial charge in [-0.25, -0.2) is 13.4 Å². The number of nitrogens with one attached hydrogen (secondary N) is 1. The minimum atomic E-state index is -4.59. The van der Waals surface area contributed by atoms with E-state index in [1.165, 1.54) is 55.5 Å². The zero-order valence-electron chi connectivity index (χ0n) is 19.5. The number of oxazole rings is 1. The first-order valence-electron chi connectivity index (χ1n) is 10.8. The maximum absolute atomic E-state index is 13.1. The van der Waals surface area contributed by atoms with Crippen LogP contribution in [0.3, 0.4) is 0 Å². The summed E-state index contributed by atoms with van der Waals surface area (Å²) in [5.74, 6) is -0.578. The summed E-state index contributed by atoms with van der Waals surface area (Å²) in [4.78, 5) is 29.5. The van der Waals surface area contributed by atoms with E-state index >= 15 is 0 Å². The number of benzene rings is 2. The molecule has 1 N–H and O–H groups in total. The van der Waals surface area contributed by atoms with Gasteiger partial charge in [0.2, 0.25) is 14.9 Å². The minimum absolute atomic E-state index is 0.0120. The van der Waals surface area contributed by atoms with Crippen molar-refractivity contribution >= 4 is 15.7 Å². The van der Waals surface area contributed by atoms with Crippen LogP contribution in [0.4, 0.5) is 13.2 Å². The Bertz CT molecular complexity index is 1640. The number of sulfone groups is 1. The molecular formula is C25H20F3N3O5S. The summed E-state index contributed by atoms with van der Waals surface area (Å²) in [6, 6.07) is 12.7. The third-order valence-electron chi connectivity index (χ3n) is 5.60. The van der Waals surface area contributed by atoms with Gasteiger partial charge in [0.1, 0.15) is 11.3 Å². The van der Waals surface area contributed by atoms with Crippen LogP contribution in [0.2, 0.25) is 0 Å². The highest BCUT2D eigenvalue weighted by molar-refractivity contribution is 7.91. The molecule has 2 aromatic carbocycles. The monoisotopic (exact) mass is 531 g/mol. The Kier molecular flexibility index (Phi) is 6.78. The first-order valence-corrected chi connectivity index (χ1v) is 12.3. The van der Waals surface area contributed by atoms with Crippen molar-refractivity contribution in [2.75, 3.05) is 0 Å². The van der Waals surface area contributed by atoms with Gasteiger partial charge < -0.3 is 9.73 Å². The molecule has 2 heterocycles. The molecule has 2 aromatic heterocycles. The van der Waals surface area contributed by atoms with Gasteiger partial charge in [0, 0.05) is 17.9 Å². The molecule has 0 bridgehead atoms. The van der Waals surface area contributed by atoms with Crippen molar-refractivity contribution < 1.29 is 30.8 Å². The second-order valence-electron chi connectivity index (χ2n) is 8.12. The highest BCUT2D eigenvalue weighted by atomic mass is 32.2. The minimum Gasteiger partial charge on any atom is -0.447 e. The van der Waals surface area contributed by atoms with Crippen LogP contribution in [0.5, 0.6) is 0 Å². The molecule has 0 atom stereocenters. The molecule has 0 spiro atoms. The summed E-state index contributed by atoms with van der Waals surface area (Å²) in [6.45, 7) is 2.99. The SMILES string of the molecule is Cc1ocnc1S(=O)(=O)c1ccc(CNC(=O)c2ccc(C)n(-c3cccc(C(F)(F)F)c3)c2=O)cc1. The van der Waals surface area contributed by atoms with E-state index in [4.69, 9.17) is 4.42 Å². The van der Waals surface area contributed by atoms with Gasteiger partial charge in [0.15, 0.2) is 6.39 Å².